The quantitative estimate of drug-likeness (QED) is 0.363. The van der Waals surface area contributed by atoms with E-state index in [-0.39, 0.29) is 49.9 Å². The van der Waals surface area contributed by atoms with Crippen molar-refractivity contribution < 1.29 is 24.5 Å². The zero-order valence-corrected chi connectivity index (χ0v) is 17.9. The minimum absolute atomic E-state index is 0.0121. The van der Waals surface area contributed by atoms with Gasteiger partial charge in [-0.3, -0.25) is 0 Å². The third kappa shape index (κ3) is 2.87. The topological polar surface area (TPSA) is 76.0 Å². The van der Waals surface area contributed by atoms with Gasteiger partial charge in [0.1, 0.15) is 16.3 Å². The fraction of sp³-hybridized carbons (Fsp3) is 0.211. The van der Waals surface area contributed by atoms with Gasteiger partial charge in [0.2, 0.25) is 0 Å². The molecule has 0 spiro atoms. The van der Waals surface area contributed by atoms with Crippen LogP contribution in [0.4, 0.5) is 0 Å². The molecule has 0 saturated heterocycles. The Labute approximate surface area is 174 Å². The van der Waals surface area contributed by atoms with E-state index in [1.54, 1.807) is 13.8 Å². The van der Waals surface area contributed by atoms with Crippen LogP contribution in [0.1, 0.15) is 40.9 Å². The molecule has 3 rings (SSSR count). The standard InChI is InChI=1S/C19H15BrCl2O5/c1-5-6(2)9-11(20)14(23)8(4)16-18(9)26-17-10(19(25)27-16)7(3)12(21)15(24)13(17)22/h5,23-24H,1-4H3/b6-5+. The van der Waals surface area contributed by atoms with E-state index in [0.29, 0.717) is 15.6 Å². The van der Waals surface area contributed by atoms with E-state index in [1.165, 1.54) is 0 Å². The molecule has 0 bridgehead atoms. The molecule has 0 saturated carbocycles. The van der Waals surface area contributed by atoms with E-state index in [9.17, 15) is 15.0 Å². The highest BCUT2D eigenvalue weighted by molar-refractivity contribution is 9.10. The van der Waals surface area contributed by atoms with Crippen LogP contribution in [0.3, 0.4) is 0 Å². The summed E-state index contributed by atoms with van der Waals surface area (Å²) in [6, 6.07) is 0. The number of ether oxygens (including phenoxy) is 2. The number of carbonyl (C=O) groups is 1. The zero-order chi connectivity index (χ0) is 20.2. The summed E-state index contributed by atoms with van der Waals surface area (Å²) in [5, 5.41) is 20.4. The molecule has 0 radical (unpaired) electrons. The summed E-state index contributed by atoms with van der Waals surface area (Å²) in [6.07, 6.45) is 1.82. The average molecular weight is 474 g/mol. The van der Waals surface area contributed by atoms with Gasteiger partial charge in [-0.1, -0.05) is 29.3 Å². The molecule has 2 aromatic rings. The van der Waals surface area contributed by atoms with Gasteiger partial charge in [0.05, 0.1) is 9.50 Å². The molecule has 1 heterocycles. The van der Waals surface area contributed by atoms with Crippen LogP contribution in [0, 0.1) is 13.8 Å². The summed E-state index contributed by atoms with van der Waals surface area (Å²) in [6.45, 7) is 6.79. The number of halogens is 3. The maximum Gasteiger partial charge on any atom is 0.347 e. The smallest absolute Gasteiger partial charge is 0.347 e. The van der Waals surface area contributed by atoms with Crippen molar-refractivity contribution in [3.8, 4) is 28.7 Å². The Hall–Kier alpha value is -1.89. The molecule has 0 aromatic heterocycles. The lowest BCUT2D eigenvalue weighted by atomic mass is 10.0. The molecule has 27 heavy (non-hydrogen) atoms. The van der Waals surface area contributed by atoms with Crippen molar-refractivity contribution >= 4 is 50.7 Å². The van der Waals surface area contributed by atoms with Crippen LogP contribution >= 0.6 is 39.1 Å². The van der Waals surface area contributed by atoms with Gasteiger partial charge in [0, 0.05) is 11.1 Å². The van der Waals surface area contributed by atoms with Crippen molar-refractivity contribution in [2.45, 2.75) is 27.7 Å². The molecule has 1 aliphatic heterocycles. The van der Waals surface area contributed by atoms with E-state index in [2.05, 4.69) is 15.9 Å². The van der Waals surface area contributed by atoms with Gasteiger partial charge in [0.15, 0.2) is 23.0 Å². The minimum Gasteiger partial charge on any atom is -0.506 e. The first-order chi connectivity index (χ1) is 12.6. The van der Waals surface area contributed by atoms with E-state index in [0.717, 1.165) is 5.57 Å². The zero-order valence-electron chi connectivity index (χ0n) is 14.8. The lowest BCUT2D eigenvalue weighted by Gasteiger charge is -2.19. The van der Waals surface area contributed by atoms with Crippen LogP contribution in [0.15, 0.2) is 10.5 Å². The number of allylic oxidation sites excluding steroid dienone is 2. The predicted octanol–water partition coefficient (Wildman–Crippen LogP) is 6.53. The summed E-state index contributed by atoms with van der Waals surface area (Å²) >= 11 is 15.7. The maximum atomic E-state index is 12.8. The Morgan fingerprint density at radius 1 is 1.00 bits per heavy atom. The Morgan fingerprint density at radius 2 is 1.63 bits per heavy atom. The molecule has 0 atom stereocenters. The van der Waals surface area contributed by atoms with E-state index in [4.69, 9.17) is 32.7 Å². The number of hydrogen-bond acceptors (Lipinski definition) is 5. The number of aromatic hydroxyl groups is 2. The number of phenolic OH excluding ortho intramolecular Hbond substituents is 2. The molecule has 142 valence electrons. The first-order valence-corrected chi connectivity index (χ1v) is 9.45. The molecular weight excluding hydrogens is 459 g/mol. The number of fused-ring (bicyclic) bond motifs is 2. The third-order valence-electron chi connectivity index (χ3n) is 4.53. The Balaban J connectivity index is 2.45. The second-order valence-corrected chi connectivity index (χ2v) is 7.64. The largest absolute Gasteiger partial charge is 0.506 e. The molecule has 2 aromatic carbocycles. The van der Waals surface area contributed by atoms with E-state index >= 15 is 0 Å². The van der Waals surface area contributed by atoms with Gasteiger partial charge < -0.3 is 19.7 Å². The molecule has 0 unspecified atom stereocenters. The third-order valence-corrected chi connectivity index (χ3v) is 6.12. The highest BCUT2D eigenvalue weighted by atomic mass is 79.9. The lowest BCUT2D eigenvalue weighted by molar-refractivity contribution is 0.0735. The van der Waals surface area contributed by atoms with E-state index < -0.39 is 5.97 Å². The van der Waals surface area contributed by atoms with Crippen LogP contribution in [0.25, 0.3) is 5.57 Å². The van der Waals surface area contributed by atoms with Gasteiger partial charge in [-0.05, 0) is 54.8 Å². The van der Waals surface area contributed by atoms with Gasteiger partial charge in [-0.2, -0.15) is 0 Å². The highest BCUT2D eigenvalue weighted by Crippen LogP contribution is 2.55. The van der Waals surface area contributed by atoms with Crippen LogP contribution in [0.2, 0.25) is 10.0 Å². The summed E-state index contributed by atoms with van der Waals surface area (Å²) < 4.78 is 11.9. The summed E-state index contributed by atoms with van der Waals surface area (Å²) in [5.41, 5.74) is 1.86. The number of hydrogen-bond donors (Lipinski definition) is 2. The van der Waals surface area contributed by atoms with Crippen LogP contribution in [-0.2, 0) is 0 Å². The molecule has 1 aliphatic rings. The molecule has 5 nitrogen and oxygen atoms in total. The molecule has 0 aliphatic carbocycles. The number of benzene rings is 2. The van der Waals surface area contributed by atoms with E-state index in [1.807, 2.05) is 19.9 Å². The molecule has 0 fully saturated rings. The first kappa shape index (κ1) is 19.9. The SMILES string of the molecule is C/C=C(\C)c1c(Br)c(O)c(C)c2c1Oc1c(Cl)c(O)c(Cl)c(C)c1C(=O)O2. The van der Waals surface area contributed by atoms with Gasteiger partial charge in [-0.15, -0.1) is 0 Å². The number of carbonyl (C=O) groups excluding carboxylic acids is 1. The normalized spacial score (nSPS) is 13.4. The molecular formula is C19H15BrCl2O5. The van der Waals surface area contributed by atoms with Crippen LogP contribution in [0.5, 0.6) is 28.7 Å². The summed E-state index contributed by atoms with van der Waals surface area (Å²) in [5.74, 6) is -0.997. The predicted molar refractivity (Wildman–Crippen MR) is 108 cm³/mol. The Kier molecular flexibility index (Phi) is 5.10. The summed E-state index contributed by atoms with van der Waals surface area (Å²) in [4.78, 5) is 12.8. The second-order valence-electron chi connectivity index (χ2n) is 6.09. The van der Waals surface area contributed by atoms with Crippen LogP contribution in [-0.4, -0.2) is 16.2 Å². The lowest BCUT2D eigenvalue weighted by Crippen LogP contribution is -2.10. The monoisotopic (exact) mass is 472 g/mol. The maximum absolute atomic E-state index is 12.8. The van der Waals surface area contributed by atoms with Gasteiger partial charge in [0.25, 0.3) is 0 Å². The van der Waals surface area contributed by atoms with Crippen molar-refractivity contribution in [2.24, 2.45) is 0 Å². The van der Waals surface area contributed by atoms with Gasteiger partial charge in [-0.25, -0.2) is 4.79 Å². The minimum atomic E-state index is -0.751. The van der Waals surface area contributed by atoms with Crippen molar-refractivity contribution in [1.82, 2.24) is 0 Å². The van der Waals surface area contributed by atoms with Crippen molar-refractivity contribution in [3.05, 3.63) is 42.8 Å². The second kappa shape index (κ2) is 6.93. The van der Waals surface area contributed by atoms with Crippen molar-refractivity contribution in [3.63, 3.8) is 0 Å². The molecule has 8 heteroatoms. The average Bonchev–Trinajstić information content (AvgIpc) is 2.79. The van der Waals surface area contributed by atoms with Crippen LogP contribution < -0.4 is 9.47 Å². The fourth-order valence-electron chi connectivity index (χ4n) is 2.85. The highest BCUT2D eigenvalue weighted by Gasteiger charge is 2.35. The number of phenols is 2. The molecule has 2 N–H and O–H groups in total. The van der Waals surface area contributed by atoms with Crippen molar-refractivity contribution in [2.75, 3.05) is 0 Å². The summed E-state index contributed by atoms with van der Waals surface area (Å²) in [7, 11) is 0. The fourth-order valence-corrected chi connectivity index (χ4v) is 4.10. The number of esters is 1. The van der Waals surface area contributed by atoms with Gasteiger partial charge >= 0.3 is 5.97 Å². The number of rotatable bonds is 1. The first-order valence-electron chi connectivity index (χ1n) is 7.90. The Morgan fingerprint density at radius 3 is 2.22 bits per heavy atom. The Bertz CT molecular complexity index is 1040. The van der Waals surface area contributed by atoms with Crippen molar-refractivity contribution in [1.29, 1.82) is 0 Å². The molecule has 0 amide bonds.